The number of amides is 2. The summed E-state index contributed by atoms with van der Waals surface area (Å²) < 4.78 is 17.9. The molecule has 0 aliphatic carbocycles. The van der Waals surface area contributed by atoms with Gasteiger partial charge in [0.1, 0.15) is 5.75 Å². The Hall–Kier alpha value is -5.48. The van der Waals surface area contributed by atoms with Crippen molar-refractivity contribution in [1.29, 1.82) is 0 Å². The Labute approximate surface area is 301 Å². The van der Waals surface area contributed by atoms with Crippen LogP contribution in [0.2, 0.25) is 0 Å². The molecule has 2 amide bonds. The van der Waals surface area contributed by atoms with Crippen LogP contribution in [-0.4, -0.2) is 43.3 Å². The van der Waals surface area contributed by atoms with Crippen LogP contribution in [0, 0.1) is 0 Å². The number of ether oxygens (including phenoxy) is 3. The van der Waals surface area contributed by atoms with Crippen LogP contribution in [0.3, 0.4) is 0 Å². The maximum absolute atomic E-state index is 13.1. The molecule has 0 spiro atoms. The van der Waals surface area contributed by atoms with Gasteiger partial charge < -0.3 is 24.8 Å². The number of carbonyl (C=O) groups excluding carboxylic acids is 4. The second kappa shape index (κ2) is 18.0. The van der Waals surface area contributed by atoms with Gasteiger partial charge in [-0.3, -0.25) is 14.4 Å². The minimum atomic E-state index is -0.819. The molecule has 4 aromatic carbocycles. The summed E-state index contributed by atoms with van der Waals surface area (Å²) in [6, 6.07) is 27.1. The fraction of sp³-hybridized carbons (Fsp3) is 0.268. The number of nitrogens with one attached hydrogen (secondary N) is 2. The topological polar surface area (TPSA) is 120 Å². The lowest BCUT2D eigenvalue weighted by Gasteiger charge is -2.17. The Morgan fingerprint density at radius 2 is 1.49 bits per heavy atom. The predicted molar refractivity (Wildman–Crippen MR) is 201 cm³/mol. The molecular weight excluding hydrogens is 665 g/mol. The van der Waals surface area contributed by atoms with Crippen molar-refractivity contribution in [3.63, 3.8) is 0 Å². The van der Waals surface area contributed by atoms with Crippen LogP contribution in [0.15, 0.2) is 97.1 Å². The highest BCUT2D eigenvalue weighted by Crippen LogP contribution is 2.30. The maximum atomic E-state index is 13.1. The van der Waals surface area contributed by atoms with Crippen LogP contribution in [0.5, 0.6) is 17.2 Å². The summed E-state index contributed by atoms with van der Waals surface area (Å²) in [5.74, 6) is -0.212. The predicted octanol–water partition coefficient (Wildman–Crippen LogP) is 8.66. The van der Waals surface area contributed by atoms with Gasteiger partial charge in [0.25, 0.3) is 11.8 Å². The summed E-state index contributed by atoms with van der Waals surface area (Å²) in [6.45, 7) is 4.23. The molecule has 0 saturated carbocycles. The molecule has 9 nitrogen and oxygen atoms in total. The molecule has 1 aromatic heterocycles. The molecule has 1 unspecified atom stereocenters. The van der Waals surface area contributed by atoms with Gasteiger partial charge in [-0.2, -0.15) is 0 Å². The summed E-state index contributed by atoms with van der Waals surface area (Å²) >= 11 is 1.41. The fourth-order valence-corrected chi connectivity index (χ4v) is 6.39. The summed E-state index contributed by atoms with van der Waals surface area (Å²) in [6.07, 6.45) is 5.95. The monoisotopic (exact) mass is 706 g/mol. The average molecular weight is 707 g/mol. The Balaban J connectivity index is 1.14. The van der Waals surface area contributed by atoms with Crippen molar-refractivity contribution in [3.05, 3.63) is 119 Å². The molecule has 264 valence electrons. The molecule has 1 atom stereocenters. The number of fused-ring (bicyclic) bond motifs is 1. The molecule has 51 heavy (non-hydrogen) atoms. The van der Waals surface area contributed by atoms with E-state index in [0.717, 1.165) is 22.9 Å². The minimum absolute atomic E-state index is 0.190. The van der Waals surface area contributed by atoms with E-state index >= 15 is 0 Å². The number of carbonyl (C=O) groups is 4. The zero-order chi connectivity index (χ0) is 36.2. The van der Waals surface area contributed by atoms with E-state index in [1.54, 1.807) is 66.7 Å². The molecule has 5 aromatic rings. The van der Waals surface area contributed by atoms with Gasteiger partial charge in [0.2, 0.25) is 0 Å². The third-order valence-electron chi connectivity index (χ3n) is 8.33. The number of hydrogen-bond donors (Lipinski definition) is 2. The third-order valence-corrected chi connectivity index (χ3v) is 9.44. The number of thiophene rings is 1. The van der Waals surface area contributed by atoms with Gasteiger partial charge in [-0.05, 0) is 104 Å². The van der Waals surface area contributed by atoms with Crippen LogP contribution >= 0.6 is 11.3 Å². The number of methoxy groups -OCH3 is 1. The van der Waals surface area contributed by atoms with Gasteiger partial charge in [0, 0.05) is 16.0 Å². The lowest BCUT2D eigenvalue weighted by Crippen LogP contribution is -2.41. The quantitative estimate of drug-likeness (QED) is 0.0564. The van der Waals surface area contributed by atoms with E-state index < -0.39 is 17.9 Å². The molecule has 1 heterocycles. The van der Waals surface area contributed by atoms with Crippen molar-refractivity contribution in [3.8, 4) is 17.2 Å². The van der Waals surface area contributed by atoms with Crippen molar-refractivity contribution in [2.75, 3.05) is 19.0 Å². The Bertz CT molecular complexity index is 1940. The summed E-state index contributed by atoms with van der Waals surface area (Å²) in [4.78, 5) is 52.0. The number of hydrogen-bond acceptors (Lipinski definition) is 8. The van der Waals surface area contributed by atoms with Crippen molar-refractivity contribution in [2.45, 2.75) is 58.4 Å². The number of rotatable bonds is 17. The second-order valence-electron chi connectivity index (χ2n) is 12.2. The lowest BCUT2D eigenvalue weighted by molar-refractivity contribution is -0.118. The van der Waals surface area contributed by atoms with Crippen molar-refractivity contribution < 1.29 is 33.4 Å². The van der Waals surface area contributed by atoms with Crippen LogP contribution in [0.4, 0.5) is 5.69 Å². The van der Waals surface area contributed by atoms with Gasteiger partial charge in [-0.1, -0.05) is 56.9 Å². The van der Waals surface area contributed by atoms with Gasteiger partial charge in [-0.25, -0.2) is 4.79 Å². The Kier molecular flexibility index (Phi) is 13.0. The number of unbranched alkanes of at least 4 members (excludes halogenated alkanes) is 4. The zero-order valence-corrected chi connectivity index (χ0v) is 29.8. The zero-order valence-electron chi connectivity index (χ0n) is 29.0. The first-order valence-corrected chi connectivity index (χ1v) is 17.9. The largest absolute Gasteiger partial charge is 0.494 e. The molecule has 10 heteroatoms. The second-order valence-corrected chi connectivity index (χ2v) is 13.3. The first-order valence-electron chi connectivity index (χ1n) is 17.1. The fourth-order valence-electron chi connectivity index (χ4n) is 5.43. The molecular formula is C41H42N2O7S. The van der Waals surface area contributed by atoms with Gasteiger partial charge in [0.05, 0.1) is 30.2 Å². The van der Waals surface area contributed by atoms with E-state index in [4.69, 9.17) is 14.2 Å². The molecule has 0 aliphatic heterocycles. The molecule has 0 aliphatic rings. The first-order chi connectivity index (χ1) is 24.7. The summed E-state index contributed by atoms with van der Waals surface area (Å²) in [5.41, 5.74) is 1.94. The van der Waals surface area contributed by atoms with Crippen LogP contribution in [0.1, 0.15) is 81.9 Å². The van der Waals surface area contributed by atoms with E-state index in [1.165, 1.54) is 44.6 Å². The number of benzene rings is 4. The van der Waals surface area contributed by atoms with Crippen molar-refractivity contribution in [2.24, 2.45) is 0 Å². The SMILES string of the molecule is CCCCCCCOc1ccc(C(=O)Oc2ccc(CC(NC(=O)c3ccc(NC(=O)c4cc5ccccc5s4)cc3)C(C)=O)cc2OC)cc1. The van der Waals surface area contributed by atoms with Gasteiger partial charge in [0.15, 0.2) is 17.3 Å². The lowest BCUT2D eigenvalue weighted by atomic mass is 10.0. The normalized spacial score (nSPS) is 11.4. The molecule has 2 N–H and O–H groups in total. The number of anilines is 1. The number of Topliss-reactive ketones (excluding diaryl/α,β-unsaturated/α-hetero) is 1. The highest BCUT2D eigenvalue weighted by atomic mass is 32.1. The van der Waals surface area contributed by atoms with Crippen molar-refractivity contribution >= 4 is 50.7 Å². The molecule has 0 radical (unpaired) electrons. The Morgan fingerprint density at radius 3 is 2.20 bits per heavy atom. The molecule has 0 saturated heterocycles. The Morgan fingerprint density at radius 1 is 0.765 bits per heavy atom. The van der Waals surface area contributed by atoms with E-state index in [0.29, 0.717) is 45.4 Å². The van der Waals surface area contributed by atoms with Crippen LogP contribution < -0.4 is 24.8 Å². The van der Waals surface area contributed by atoms with Crippen LogP contribution in [-0.2, 0) is 11.2 Å². The summed E-state index contributed by atoms with van der Waals surface area (Å²) in [7, 11) is 1.46. The van der Waals surface area contributed by atoms with E-state index in [-0.39, 0.29) is 23.9 Å². The minimum Gasteiger partial charge on any atom is -0.494 e. The van der Waals surface area contributed by atoms with Gasteiger partial charge >= 0.3 is 5.97 Å². The van der Waals surface area contributed by atoms with E-state index in [1.807, 2.05) is 30.3 Å². The average Bonchev–Trinajstić information content (AvgIpc) is 3.59. The van der Waals surface area contributed by atoms with Crippen LogP contribution in [0.25, 0.3) is 10.1 Å². The standard InChI is InChI=1S/C41H42N2O7S/c1-4-5-6-7-10-23-49-33-20-16-30(17-21-33)41(47)50-35-22-13-28(25-36(35)48-3)24-34(27(2)44)43-39(45)29-14-18-32(19-15-29)42-40(46)38-26-31-11-8-9-12-37(31)51-38/h8-9,11-22,25-26,34H,4-7,10,23-24H2,1-3H3,(H,42,46)(H,43,45). The van der Waals surface area contributed by atoms with E-state index in [2.05, 4.69) is 17.6 Å². The van der Waals surface area contributed by atoms with E-state index in [9.17, 15) is 19.2 Å². The van der Waals surface area contributed by atoms with Gasteiger partial charge in [-0.15, -0.1) is 11.3 Å². The molecule has 0 fully saturated rings. The number of esters is 1. The first kappa shape index (κ1) is 36.8. The smallest absolute Gasteiger partial charge is 0.343 e. The van der Waals surface area contributed by atoms with Crippen molar-refractivity contribution in [1.82, 2.24) is 5.32 Å². The third kappa shape index (κ3) is 10.3. The highest BCUT2D eigenvalue weighted by molar-refractivity contribution is 7.20. The summed E-state index contributed by atoms with van der Waals surface area (Å²) in [5, 5.41) is 6.68. The highest BCUT2D eigenvalue weighted by Gasteiger charge is 2.21. The maximum Gasteiger partial charge on any atom is 0.343 e. The molecule has 5 rings (SSSR count). The molecule has 0 bridgehead atoms. The number of ketones is 1.